The minimum atomic E-state index is -0.761. The standard InChI is InChI=1S/C24H33N5O5/c1-15-21(34-18-9-8-16(12-18)13-22(30)31)11-10-19(25-15)23-20(29(3)27-26-23)14-33-24(32)28(2)17-6-4-5-7-17/h10-11,16-18H,4-9,12-14H2,1-3H3,(H,30,31)/t16-,18-/m0/s1. The summed E-state index contributed by atoms with van der Waals surface area (Å²) in [6.07, 6.45) is 6.61. The lowest BCUT2D eigenvalue weighted by Gasteiger charge is -2.23. The summed E-state index contributed by atoms with van der Waals surface area (Å²) in [5, 5.41) is 17.4. The van der Waals surface area contributed by atoms with E-state index in [1.54, 1.807) is 23.7 Å². The van der Waals surface area contributed by atoms with Crippen LogP contribution < -0.4 is 4.74 Å². The van der Waals surface area contributed by atoms with Gasteiger partial charge in [0.05, 0.1) is 17.5 Å². The number of carboxylic acids is 1. The highest BCUT2D eigenvalue weighted by Gasteiger charge is 2.29. The summed E-state index contributed by atoms with van der Waals surface area (Å²) >= 11 is 0. The van der Waals surface area contributed by atoms with Crippen molar-refractivity contribution in [2.75, 3.05) is 7.05 Å². The molecule has 1 N–H and O–H groups in total. The van der Waals surface area contributed by atoms with E-state index in [-0.39, 0.29) is 37.2 Å². The average molecular weight is 472 g/mol. The molecule has 2 aromatic heterocycles. The molecule has 2 fully saturated rings. The first-order chi connectivity index (χ1) is 16.3. The molecule has 0 radical (unpaired) electrons. The van der Waals surface area contributed by atoms with Gasteiger partial charge in [0.1, 0.15) is 23.7 Å². The van der Waals surface area contributed by atoms with Crippen molar-refractivity contribution in [3.8, 4) is 17.1 Å². The number of carbonyl (C=O) groups is 2. The number of rotatable bonds is 8. The molecule has 34 heavy (non-hydrogen) atoms. The second kappa shape index (κ2) is 10.4. The molecule has 0 unspecified atom stereocenters. The first-order valence-corrected chi connectivity index (χ1v) is 12.0. The number of amides is 1. The molecule has 0 bridgehead atoms. The van der Waals surface area contributed by atoms with Crippen LogP contribution in [-0.4, -0.2) is 61.2 Å². The van der Waals surface area contributed by atoms with Gasteiger partial charge in [0, 0.05) is 26.6 Å². The molecule has 2 atom stereocenters. The van der Waals surface area contributed by atoms with Gasteiger partial charge in [0.2, 0.25) is 0 Å². The molecule has 2 aliphatic rings. The Morgan fingerprint density at radius 1 is 1.21 bits per heavy atom. The van der Waals surface area contributed by atoms with E-state index in [0.717, 1.165) is 44.9 Å². The summed E-state index contributed by atoms with van der Waals surface area (Å²) < 4.78 is 13.3. The minimum Gasteiger partial charge on any atom is -0.489 e. The number of hydrogen-bond donors (Lipinski definition) is 1. The number of carboxylic acid groups (broad SMARTS) is 1. The van der Waals surface area contributed by atoms with Crippen LogP contribution in [0.5, 0.6) is 5.75 Å². The second-order valence-corrected chi connectivity index (χ2v) is 9.41. The summed E-state index contributed by atoms with van der Waals surface area (Å²) in [5.74, 6) is 0.0795. The van der Waals surface area contributed by atoms with E-state index in [1.807, 2.05) is 19.1 Å². The summed E-state index contributed by atoms with van der Waals surface area (Å²) in [5.41, 5.74) is 2.58. The number of ether oxygens (including phenoxy) is 2. The zero-order valence-corrected chi connectivity index (χ0v) is 20.1. The van der Waals surface area contributed by atoms with Crippen LogP contribution in [-0.2, 0) is 23.2 Å². The van der Waals surface area contributed by atoms with Crippen LogP contribution >= 0.6 is 0 Å². The van der Waals surface area contributed by atoms with E-state index in [9.17, 15) is 9.59 Å². The SMILES string of the molecule is Cc1nc(-c2nnn(C)c2COC(=O)N(C)C2CCCC2)ccc1O[C@H]1CC[C@H](CC(=O)O)C1. The lowest BCUT2D eigenvalue weighted by molar-refractivity contribution is -0.138. The van der Waals surface area contributed by atoms with Gasteiger partial charge < -0.3 is 19.5 Å². The van der Waals surface area contributed by atoms with Gasteiger partial charge in [0.15, 0.2) is 0 Å². The van der Waals surface area contributed by atoms with Gasteiger partial charge in [-0.3, -0.25) is 4.79 Å². The van der Waals surface area contributed by atoms with Gasteiger partial charge in [-0.1, -0.05) is 18.1 Å². The number of aryl methyl sites for hydroxylation is 2. The fraction of sp³-hybridized carbons (Fsp3) is 0.625. The molecule has 10 nitrogen and oxygen atoms in total. The minimum absolute atomic E-state index is 0.000882. The van der Waals surface area contributed by atoms with Crippen LogP contribution in [0, 0.1) is 12.8 Å². The molecule has 4 rings (SSSR count). The summed E-state index contributed by atoms with van der Waals surface area (Å²) in [7, 11) is 3.55. The van der Waals surface area contributed by atoms with Crippen molar-refractivity contribution in [3.05, 3.63) is 23.5 Å². The maximum Gasteiger partial charge on any atom is 0.410 e. The topological polar surface area (TPSA) is 120 Å². The third-order valence-corrected chi connectivity index (χ3v) is 6.97. The molecule has 0 saturated heterocycles. The fourth-order valence-corrected chi connectivity index (χ4v) is 4.96. The molecule has 2 aromatic rings. The van der Waals surface area contributed by atoms with Crippen LogP contribution in [0.2, 0.25) is 0 Å². The summed E-state index contributed by atoms with van der Waals surface area (Å²) in [4.78, 5) is 29.8. The van der Waals surface area contributed by atoms with Gasteiger partial charge in [0.25, 0.3) is 0 Å². The lowest BCUT2D eigenvalue weighted by Crippen LogP contribution is -2.35. The second-order valence-electron chi connectivity index (χ2n) is 9.41. The molecular weight excluding hydrogens is 438 g/mol. The van der Waals surface area contributed by atoms with Gasteiger partial charge in [-0.2, -0.15) is 0 Å². The van der Waals surface area contributed by atoms with E-state index in [4.69, 9.17) is 14.6 Å². The average Bonchev–Trinajstić information content (AvgIpc) is 3.55. The Kier molecular flexibility index (Phi) is 7.33. The zero-order valence-electron chi connectivity index (χ0n) is 20.1. The Bertz CT molecular complexity index is 1030. The first-order valence-electron chi connectivity index (χ1n) is 12.0. The number of aliphatic carboxylic acids is 1. The highest BCUT2D eigenvalue weighted by Crippen LogP contribution is 2.33. The first kappa shape index (κ1) is 24.0. The maximum absolute atomic E-state index is 12.5. The van der Waals surface area contributed by atoms with Crippen molar-refractivity contribution in [2.24, 2.45) is 13.0 Å². The van der Waals surface area contributed by atoms with Crippen LogP contribution in [0.1, 0.15) is 62.8 Å². The Hall–Kier alpha value is -3.17. The summed E-state index contributed by atoms with van der Waals surface area (Å²) in [6, 6.07) is 3.93. The Balaban J connectivity index is 1.40. The quantitative estimate of drug-likeness (QED) is 0.619. The molecule has 2 aliphatic carbocycles. The highest BCUT2D eigenvalue weighted by molar-refractivity contribution is 5.68. The predicted octanol–water partition coefficient (Wildman–Crippen LogP) is 3.72. The highest BCUT2D eigenvalue weighted by atomic mass is 16.6. The normalized spacial score (nSPS) is 20.4. The molecule has 10 heteroatoms. The molecule has 184 valence electrons. The van der Waals surface area contributed by atoms with Crippen LogP contribution in [0.25, 0.3) is 11.4 Å². The number of carbonyl (C=O) groups excluding carboxylic acids is 1. The third kappa shape index (κ3) is 5.48. The van der Waals surface area contributed by atoms with E-state index >= 15 is 0 Å². The fourth-order valence-electron chi connectivity index (χ4n) is 4.96. The van der Waals surface area contributed by atoms with Gasteiger partial charge in [-0.15, -0.1) is 5.10 Å². The van der Waals surface area contributed by atoms with Crippen molar-refractivity contribution < 1.29 is 24.2 Å². The van der Waals surface area contributed by atoms with Crippen LogP contribution in [0.4, 0.5) is 4.79 Å². The molecule has 2 saturated carbocycles. The third-order valence-electron chi connectivity index (χ3n) is 6.97. The number of aromatic nitrogens is 4. The Morgan fingerprint density at radius 2 is 1.97 bits per heavy atom. The largest absolute Gasteiger partial charge is 0.489 e. The molecule has 0 aromatic carbocycles. The molecule has 0 spiro atoms. The molecule has 2 heterocycles. The Morgan fingerprint density at radius 3 is 2.68 bits per heavy atom. The van der Waals surface area contributed by atoms with Crippen molar-refractivity contribution in [2.45, 2.75) is 77.0 Å². The molecule has 0 aliphatic heterocycles. The maximum atomic E-state index is 12.5. The molecule has 1 amide bonds. The van der Waals surface area contributed by atoms with E-state index in [0.29, 0.717) is 28.5 Å². The Labute approximate surface area is 199 Å². The molecular formula is C24H33N5O5. The van der Waals surface area contributed by atoms with E-state index in [1.165, 1.54) is 0 Å². The van der Waals surface area contributed by atoms with Crippen molar-refractivity contribution in [1.29, 1.82) is 0 Å². The number of nitrogens with zero attached hydrogens (tertiary/aromatic N) is 5. The van der Waals surface area contributed by atoms with Gasteiger partial charge >= 0.3 is 12.1 Å². The van der Waals surface area contributed by atoms with E-state index in [2.05, 4.69) is 15.3 Å². The van der Waals surface area contributed by atoms with Crippen molar-refractivity contribution in [1.82, 2.24) is 24.9 Å². The van der Waals surface area contributed by atoms with Crippen molar-refractivity contribution in [3.63, 3.8) is 0 Å². The van der Waals surface area contributed by atoms with Crippen LogP contribution in [0.15, 0.2) is 12.1 Å². The van der Waals surface area contributed by atoms with Crippen LogP contribution in [0.3, 0.4) is 0 Å². The summed E-state index contributed by atoms with van der Waals surface area (Å²) in [6.45, 7) is 1.93. The predicted molar refractivity (Wildman–Crippen MR) is 123 cm³/mol. The monoisotopic (exact) mass is 471 g/mol. The smallest absolute Gasteiger partial charge is 0.410 e. The van der Waals surface area contributed by atoms with Gasteiger partial charge in [-0.05, 0) is 57.1 Å². The number of pyridine rings is 1. The van der Waals surface area contributed by atoms with E-state index < -0.39 is 5.97 Å². The number of hydrogen-bond acceptors (Lipinski definition) is 7. The van der Waals surface area contributed by atoms with Gasteiger partial charge in [-0.25, -0.2) is 14.5 Å². The van der Waals surface area contributed by atoms with Crippen molar-refractivity contribution >= 4 is 12.1 Å². The zero-order chi connectivity index (χ0) is 24.2. The lowest BCUT2D eigenvalue weighted by atomic mass is 10.0.